The van der Waals surface area contributed by atoms with Crippen molar-refractivity contribution in [2.45, 2.75) is 122 Å². The molecule has 0 radical (unpaired) electrons. The molecule has 1 unspecified atom stereocenters. The minimum atomic E-state index is -0.914. The van der Waals surface area contributed by atoms with Crippen LogP contribution >= 0.6 is 0 Å². The molecule has 0 aliphatic heterocycles. The first kappa shape index (κ1) is 22.0. The Kier molecular flexibility index (Phi) is 11.7. The molecule has 0 aromatic carbocycles. The summed E-state index contributed by atoms with van der Waals surface area (Å²) < 4.78 is 5.35. The van der Waals surface area contributed by atoms with Crippen molar-refractivity contribution in [2.75, 3.05) is 0 Å². The molecule has 1 fully saturated rings. The Morgan fingerprint density at radius 1 is 1.00 bits per heavy atom. The van der Waals surface area contributed by atoms with Crippen LogP contribution in [0.1, 0.15) is 110 Å². The highest BCUT2D eigenvalue weighted by Crippen LogP contribution is 2.24. The van der Waals surface area contributed by atoms with Gasteiger partial charge in [-0.3, -0.25) is 4.79 Å². The molecule has 0 aromatic rings. The lowest BCUT2D eigenvalue weighted by Crippen LogP contribution is -2.27. The van der Waals surface area contributed by atoms with E-state index in [1.807, 2.05) is 0 Å². The van der Waals surface area contributed by atoms with Gasteiger partial charge in [-0.25, -0.2) is 0 Å². The molecule has 0 amide bonds. The van der Waals surface area contributed by atoms with Crippen LogP contribution < -0.4 is 0 Å². The van der Waals surface area contributed by atoms with Crippen molar-refractivity contribution >= 4 is 5.97 Å². The second kappa shape index (κ2) is 13.2. The topological polar surface area (TPSA) is 46.5 Å². The number of aliphatic hydroxyl groups is 1. The Bertz CT molecular complexity index is 407. The van der Waals surface area contributed by atoms with Crippen LogP contribution in [0.3, 0.4) is 0 Å². The summed E-state index contributed by atoms with van der Waals surface area (Å²) in [5, 5.41) is 11.0. The maximum atomic E-state index is 11.3. The number of unbranched alkanes of at least 4 members (excludes halogenated alkanes) is 2. The van der Waals surface area contributed by atoms with Crippen LogP contribution in [-0.2, 0) is 9.53 Å². The van der Waals surface area contributed by atoms with Gasteiger partial charge in [0.05, 0.1) is 0 Å². The van der Waals surface area contributed by atoms with Gasteiger partial charge in [0.2, 0.25) is 0 Å². The van der Waals surface area contributed by atoms with Crippen LogP contribution in [0.5, 0.6) is 0 Å². The SMILES string of the molecule is CCCCCC(C#CC1(O)CCCCCCCCCCC1)OC(C)=O. The molecule has 1 atom stereocenters. The van der Waals surface area contributed by atoms with Gasteiger partial charge in [0.15, 0.2) is 6.10 Å². The summed E-state index contributed by atoms with van der Waals surface area (Å²) in [7, 11) is 0. The van der Waals surface area contributed by atoms with Crippen molar-refractivity contribution in [2.24, 2.45) is 0 Å². The summed E-state index contributed by atoms with van der Waals surface area (Å²) in [6.07, 6.45) is 16.0. The van der Waals surface area contributed by atoms with Gasteiger partial charge in [0.25, 0.3) is 0 Å². The van der Waals surface area contributed by atoms with Gasteiger partial charge in [-0.2, -0.15) is 0 Å². The molecule has 3 heteroatoms. The Hall–Kier alpha value is -1.01. The van der Waals surface area contributed by atoms with Crippen LogP contribution in [0, 0.1) is 11.8 Å². The highest BCUT2D eigenvalue weighted by molar-refractivity contribution is 5.66. The summed E-state index contributed by atoms with van der Waals surface area (Å²) >= 11 is 0. The zero-order valence-electron chi connectivity index (χ0n) is 16.4. The molecule has 0 bridgehead atoms. The fraction of sp³-hybridized carbons (Fsp3) is 0.864. The van der Waals surface area contributed by atoms with E-state index in [0.717, 1.165) is 51.4 Å². The third kappa shape index (κ3) is 11.3. The number of carbonyl (C=O) groups is 1. The lowest BCUT2D eigenvalue weighted by molar-refractivity contribution is -0.144. The monoisotopic (exact) mass is 350 g/mol. The smallest absolute Gasteiger partial charge is 0.303 e. The molecule has 0 saturated heterocycles. The Balaban J connectivity index is 2.68. The molecule has 25 heavy (non-hydrogen) atoms. The predicted molar refractivity (Wildman–Crippen MR) is 103 cm³/mol. The second-order valence-corrected chi connectivity index (χ2v) is 7.58. The van der Waals surface area contributed by atoms with Gasteiger partial charge in [0, 0.05) is 6.92 Å². The maximum absolute atomic E-state index is 11.3. The summed E-state index contributed by atoms with van der Waals surface area (Å²) in [6.45, 7) is 3.58. The normalized spacial score (nSPS) is 20.3. The molecule has 1 saturated carbocycles. The molecule has 1 aliphatic carbocycles. The van der Waals surface area contributed by atoms with Crippen molar-refractivity contribution in [3.8, 4) is 11.8 Å². The molecule has 0 aromatic heterocycles. The van der Waals surface area contributed by atoms with Gasteiger partial charge >= 0.3 is 5.97 Å². The predicted octanol–water partition coefficient (Wildman–Crippen LogP) is 5.54. The van der Waals surface area contributed by atoms with E-state index in [0.29, 0.717) is 0 Å². The first-order valence-electron chi connectivity index (χ1n) is 10.5. The van der Waals surface area contributed by atoms with Gasteiger partial charge in [0.1, 0.15) is 5.60 Å². The lowest BCUT2D eigenvalue weighted by Gasteiger charge is -2.23. The van der Waals surface area contributed by atoms with Crippen LogP contribution in [-0.4, -0.2) is 22.8 Å². The summed E-state index contributed by atoms with van der Waals surface area (Å²) in [4.78, 5) is 11.3. The number of esters is 1. The molecular weight excluding hydrogens is 312 g/mol. The zero-order valence-corrected chi connectivity index (χ0v) is 16.4. The molecule has 144 valence electrons. The number of hydrogen-bond donors (Lipinski definition) is 1. The van der Waals surface area contributed by atoms with Crippen molar-refractivity contribution in [3.05, 3.63) is 0 Å². The highest BCUT2D eigenvalue weighted by Gasteiger charge is 2.24. The van der Waals surface area contributed by atoms with Crippen LogP contribution in [0.25, 0.3) is 0 Å². The standard InChI is InChI=1S/C22H38O3/c1-3-4-12-15-21(25-20(2)23)16-19-22(24)17-13-10-8-6-5-7-9-11-14-18-22/h21,24H,3-15,17-18H2,1-2H3. The minimum absolute atomic E-state index is 0.290. The zero-order chi connectivity index (χ0) is 18.4. The van der Waals surface area contributed by atoms with Crippen LogP contribution in [0.4, 0.5) is 0 Å². The first-order valence-corrected chi connectivity index (χ1v) is 10.5. The van der Waals surface area contributed by atoms with E-state index in [2.05, 4.69) is 18.8 Å². The fourth-order valence-electron chi connectivity index (χ4n) is 3.48. The number of carbonyl (C=O) groups excluding carboxylic acids is 1. The van der Waals surface area contributed by atoms with E-state index in [-0.39, 0.29) is 12.1 Å². The second-order valence-electron chi connectivity index (χ2n) is 7.58. The van der Waals surface area contributed by atoms with E-state index in [1.54, 1.807) is 0 Å². The summed E-state index contributed by atoms with van der Waals surface area (Å²) in [5.74, 6) is 5.91. The van der Waals surface area contributed by atoms with E-state index in [1.165, 1.54) is 51.9 Å². The largest absolute Gasteiger partial charge is 0.449 e. The Labute approximate surface area is 154 Å². The van der Waals surface area contributed by atoms with Crippen molar-refractivity contribution in [1.29, 1.82) is 0 Å². The third-order valence-corrected chi connectivity index (χ3v) is 5.02. The number of ether oxygens (including phenoxy) is 1. The van der Waals surface area contributed by atoms with Gasteiger partial charge in [-0.05, 0) is 38.5 Å². The van der Waals surface area contributed by atoms with Crippen LogP contribution in [0.15, 0.2) is 0 Å². The number of rotatable bonds is 5. The van der Waals surface area contributed by atoms with Crippen molar-refractivity contribution in [1.82, 2.24) is 0 Å². The number of hydrogen-bond acceptors (Lipinski definition) is 3. The van der Waals surface area contributed by atoms with E-state index in [4.69, 9.17) is 4.74 Å². The fourth-order valence-corrected chi connectivity index (χ4v) is 3.48. The molecule has 1 rings (SSSR count). The van der Waals surface area contributed by atoms with Crippen LogP contribution in [0.2, 0.25) is 0 Å². The molecule has 1 N–H and O–H groups in total. The molecule has 0 spiro atoms. The summed E-state index contributed by atoms with van der Waals surface area (Å²) in [6, 6.07) is 0. The molecular formula is C22H38O3. The van der Waals surface area contributed by atoms with E-state index < -0.39 is 5.60 Å². The average Bonchev–Trinajstić information content (AvgIpc) is 2.56. The average molecular weight is 351 g/mol. The molecule has 1 aliphatic rings. The Morgan fingerprint density at radius 3 is 2.00 bits per heavy atom. The van der Waals surface area contributed by atoms with Gasteiger partial charge in [-0.1, -0.05) is 76.6 Å². The molecule has 0 heterocycles. The van der Waals surface area contributed by atoms with Gasteiger partial charge in [-0.15, -0.1) is 0 Å². The third-order valence-electron chi connectivity index (χ3n) is 5.02. The highest BCUT2D eigenvalue weighted by atomic mass is 16.5. The molecule has 3 nitrogen and oxygen atoms in total. The van der Waals surface area contributed by atoms with Gasteiger partial charge < -0.3 is 9.84 Å². The first-order chi connectivity index (χ1) is 12.1. The summed E-state index contributed by atoms with van der Waals surface area (Å²) in [5.41, 5.74) is -0.914. The lowest BCUT2D eigenvalue weighted by atomic mass is 9.89. The van der Waals surface area contributed by atoms with Crippen molar-refractivity contribution in [3.63, 3.8) is 0 Å². The Morgan fingerprint density at radius 2 is 1.52 bits per heavy atom. The van der Waals surface area contributed by atoms with E-state index >= 15 is 0 Å². The quantitative estimate of drug-likeness (QED) is 0.402. The van der Waals surface area contributed by atoms with E-state index in [9.17, 15) is 9.90 Å². The van der Waals surface area contributed by atoms with Crippen molar-refractivity contribution < 1.29 is 14.6 Å². The minimum Gasteiger partial charge on any atom is -0.449 e. The maximum Gasteiger partial charge on any atom is 0.303 e.